The molecule has 0 amide bonds. The second-order valence-electron chi connectivity index (χ2n) is 5.24. The minimum atomic E-state index is -3.21. The van der Waals surface area contributed by atoms with Gasteiger partial charge >= 0.3 is 0 Å². The summed E-state index contributed by atoms with van der Waals surface area (Å²) in [5, 5.41) is 0.598. The van der Waals surface area contributed by atoms with Crippen LogP contribution in [0.25, 0.3) is 0 Å². The predicted octanol–water partition coefficient (Wildman–Crippen LogP) is 2.63. The van der Waals surface area contributed by atoms with E-state index in [4.69, 9.17) is 23.2 Å². The third-order valence-corrected chi connectivity index (χ3v) is 5.26. The molecule has 1 saturated heterocycles. The standard InChI is InChI=1S/C13H16Cl2N2O3S/c1-21(19,20)17-4-2-3-9(8-17)5-12(18)13-11(15)6-10(14)7-16-13/h6-7,9H,2-5,8H2,1H3. The van der Waals surface area contributed by atoms with Crippen molar-refractivity contribution < 1.29 is 13.2 Å². The van der Waals surface area contributed by atoms with Gasteiger partial charge in [-0.25, -0.2) is 12.7 Å². The second kappa shape index (κ2) is 6.60. The molecule has 0 aliphatic carbocycles. The summed E-state index contributed by atoms with van der Waals surface area (Å²) in [4.78, 5) is 16.2. The van der Waals surface area contributed by atoms with Crippen LogP contribution in [0.1, 0.15) is 29.8 Å². The largest absolute Gasteiger partial charge is 0.292 e. The minimum Gasteiger partial charge on any atom is -0.292 e. The number of piperidine rings is 1. The van der Waals surface area contributed by atoms with Crippen LogP contribution < -0.4 is 0 Å². The molecule has 1 aromatic rings. The first-order valence-electron chi connectivity index (χ1n) is 6.56. The van der Waals surface area contributed by atoms with Crippen molar-refractivity contribution in [2.75, 3.05) is 19.3 Å². The molecule has 0 bridgehead atoms. The summed E-state index contributed by atoms with van der Waals surface area (Å²) in [5.74, 6) is -0.188. The molecule has 1 atom stereocenters. The molecule has 2 rings (SSSR count). The third kappa shape index (κ3) is 4.39. The van der Waals surface area contributed by atoms with E-state index in [0.29, 0.717) is 18.1 Å². The van der Waals surface area contributed by atoms with Crippen LogP contribution in [0.15, 0.2) is 12.3 Å². The van der Waals surface area contributed by atoms with Crippen molar-refractivity contribution in [2.24, 2.45) is 5.92 Å². The molecule has 0 spiro atoms. The van der Waals surface area contributed by atoms with Crippen LogP contribution in [0.5, 0.6) is 0 Å². The van der Waals surface area contributed by atoms with E-state index in [0.717, 1.165) is 12.8 Å². The number of Topliss-reactive ketones (excluding diaryl/α,β-unsaturated/α-hetero) is 1. The number of carbonyl (C=O) groups is 1. The fourth-order valence-corrected chi connectivity index (χ4v) is 3.90. The first-order chi connectivity index (χ1) is 9.77. The maximum atomic E-state index is 12.2. The predicted molar refractivity (Wildman–Crippen MR) is 82.3 cm³/mol. The molecule has 1 aromatic heterocycles. The number of hydrogen-bond acceptors (Lipinski definition) is 4. The minimum absolute atomic E-state index is 0.00507. The smallest absolute Gasteiger partial charge is 0.211 e. The zero-order valence-electron chi connectivity index (χ0n) is 11.6. The van der Waals surface area contributed by atoms with Crippen LogP contribution in [0, 0.1) is 5.92 Å². The molecule has 8 heteroatoms. The Morgan fingerprint density at radius 1 is 1.48 bits per heavy atom. The Hall–Kier alpha value is -0.690. The topological polar surface area (TPSA) is 67.3 Å². The van der Waals surface area contributed by atoms with E-state index in [1.807, 2.05) is 0 Å². The van der Waals surface area contributed by atoms with E-state index in [1.165, 1.54) is 22.8 Å². The number of rotatable bonds is 4. The molecule has 1 unspecified atom stereocenters. The fraction of sp³-hybridized carbons (Fsp3) is 0.538. The van der Waals surface area contributed by atoms with E-state index < -0.39 is 10.0 Å². The van der Waals surface area contributed by atoms with Crippen LogP contribution in [-0.2, 0) is 10.0 Å². The molecule has 5 nitrogen and oxygen atoms in total. The molecule has 2 heterocycles. The van der Waals surface area contributed by atoms with Gasteiger partial charge in [-0.3, -0.25) is 9.78 Å². The highest BCUT2D eigenvalue weighted by Gasteiger charge is 2.28. The van der Waals surface area contributed by atoms with Crippen molar-refractivity contribution in [1.29, 1.82) is 0 Å². The van der Waals surface area contributed by atoms with Gasteiger partial charge < -0.3 is 0 Å². The van der Waals surface area contributed by atoms with Gasteiger partial charge in [-0.1, -0.05) is 23.2 Å². The number of ketones is 1. The molecular weight excluding hydrogens is 335 g/mol. The summed E-state index contributed by atoms with van der Waals surface area (Å²) in [6, 6.07) is 1.48. The van der Waals surface area contributed by atoms with Crippen molar-refractivity contribution in [3.63, 3.8) is 0 Å². The molecule has 0 radical (unpaired) electrons. The van der Waals surface area contributed by atoms with Gasteiger partial charge in [-0.05, 0) is 24.8 Å². The van der Waals surface area contributed by atoms with Gasteiger partial charge in [0.1, 0.15) is 5.69 Å². The van der Waals surface area contributed by atoms with E-state index in [9.17, 15) is 13.2 Å². The summed E-state index contributed by atoms with van der Waals surface area (Å²) in [6.45, 7) is 0.888. The summed E-state index contributed by atoms with van der Waals surface area (Å²) >= 11 is 11.7. The van der Waals surface area contributed by atoms with Crippen LogP contribution in [0.4, 0.5) is 0 Å². The van der Waals surface area contributed by atoms with E-state index >= 15 is 0 Å². The Labute approximate surface area is 134 Å². The maximum absolute atomic E-state index is 12.2. The van der Waals surface area contributed by atoms with Gasteiger partial charge in [0.2, 0.25) is 10.0 Å². The Kier molecular flexibility index (Phi) is 5.24. The van der Waals surface area contributed by atoms with Gasteiger partial charge in [-0.15, -0.1) is 0 Å². The summed E-state index contributed by atoms with van der Waals surface area (Å²) in [5.41, 5.74) is 0.192. The summed E-state index contributed by atoms with van der Waals surface area (Å²) < 4.78 is 24.6. The Morgan fingerprint density at radius 2 is 2.19 bits per heavy atom. The van der Waals surface area contributed by atoms with Crippen molar-refractivity contribution in [2.45, 2.75) is 19.3 Å². The zero-order valence-corrected chi connectivity index (χ0v) is 13.9. The van der Waals surface area contributed by atoms with Crippen molar-refractivity contribution in [1.82, 2.24) is 9.29 Å². The lowest BCUT2D eigenvalue weighted by atomic mass is 9.93. The first-order valence-corrected chi connectivity index (χ1v) is 9.17. The lowest BCUT2D eigenvalue weighted by Crippen LogP contribution is -2.39. The van der Waals surface area contributed by atoms with Crippen LogP contribution in [-0.4, -0.2) is 42.8 Å². The summed E-state index contributed by atoms with van der Waals surface area (Å²) in [6.07, 6.45) is 4.38. The van der Waals surface area contributed by atoms with Gasteiger partial charge in [0, 0.05) is 25.7 Å². The van der Waals surface area contributed by atoms with Gasteiger partial charge in [0.05, 0.1) is 16.3 Å². The molecule has 0 N–H and O–H groups in total. The number of pyridine rings is 1. The number of aromatic nitrogens is 1. The molecule has 1 aliphatic heterocycles. The molecule has 21 heavy (non-hydrogen) atoms. The maximum Gasteiger partial charge on any atom is 0.211 e. The van der Waals surface area contributed by atoms with Crippen molar-refractivity contribution in [3.8, 4) is 0 Å². The fourth-order valence-electron chi connectivity index (χ4n) is 2.47. The van der Waals surface area contributed by atoms with Crippen molar-refractivity contribution >= 4 is 39.0 Å². The number of halogens is 2. The Bertz CT molecular complexity index is 649. The van der Waals surface area contributed by atoms with Gasteiger partial charge in [0.25, 0.3) is 0 Å². The molecule has 116 valence electrons. The summed E-state index contributed by atoms with van der Waals surface area (Å²) in [7, 11) is -3.21. The highest BCUT2D eigenvalue weighted by Crippen LogP contribution is 2.25. The normalized spacial score (nSPS) is 20.4. The van der Waals surface area contributed by atoms with Gasteiger partial charge in [-0.2, -0.15) is 0 Å². The van der Waals surface area contributed by atoms with Crippen LogP contribution >= 0.6 is 23.2 Å². The van der Waals surface area contributed by atoms with E-state index in [-0.39, 0.29) is 28.8 Å². The highest BCUT2D eigenvalue weighted by molar-refractivity contribution is 7.88. The first kappa shape index (κ1) is 16.7. The van der Waals surface area contributed by atoms with E-state index in [2.05, 4.69) is 4.98 Å². The van der Waals surface area contributed by atoms with Crippen molar-refractivity contribution in [3.05, 3.63) is 28.0 Å². The lowest BCUT2D eigenvalue weighted by molar-refractivity contribution is 0.0937. The lowest BCUT2D eigenvalue weighted by Gasteiger charge is -2.30. The molecular formula is C13H16Cl2N2O3S. The molecule has 0 saturated carbocycles. The zero-order chi connectivity index (χ0) is 15.6. The van der Waals surface area contributed by atoms with Crippen LogP contribution in [0.3, 0.4) is 0 Å². The third-order valence-electron chi connectivity index (χ3n) is 3.50. The number of hydrogen-bond donors (Lipinski definition) is 0. The molecule has 1 fully saturated rings. The molecule has 1 aliphatic rings. The molecule has 0 aromatic carbocycles. The average molecular weight is 351 g/mol. The number of nitrogens with zero attached hydrogens (tertiary/aromatic N) is 2. The average Bonchev–Trinajstić information content (AvgIpc) is 2.37. The second-order valence-corrected chi connectivity index (χ2v) is 8.07. The van der Waals surface area contributed by atoms with E-state index in [1.54, 1.807) is 0 Å². The number of sulfonamides is 1. The van der Waals surface area contributed by atoms with Gasteiger partial charge in [0.15, 0.2) is 5.78 Å². The Morgan fingerprint density at radius 3 is 2.81 bits per heavy atom. The SMILES string of the molecule is CS(=O)(=O)N1CCCC(CC(=O)c2ncc(Cl)cc2Cl)C1. The quantitative estimate of drug-likeness (QED) is 0.782. The number of carbonyl (C=O) groups excluding carboxylic acids is 1. The van der Waals surface area contributed by atoms with Crippen LogP contribution in [0.2, 0.25) is 10.0 Å². The monoisotopic (exact) mass is 350 g/mol. The highest BCUT2D eigenvalue weighted by atomic mass is 35.5. The Balaban J connectivity index is 2.05.